The van der Waals surface area contributed by atoms with Crippen LogP contribution in [0.15, 0.2) is 40.2 Å². The van der Waals surface area contributed by atoms with Gasteiger partial charge in [-0.25, -0.2) is 4.99 Å². The van der Waals surface area contributed by atoms with Gasteiger partial charge >= 0.3 is 0 Å². The Kier molecular flexibility index (Phi) is 4.50. The number of hydrogen-bond donors (Lipinski definition) is 0. The zero-order valence-corrected chi connectivity index (χ0v) is 15.4. The van der Waals surface area contributed by atoms with Crippen molar-refractivity contribution in [2.45, 2.75) is 38.1 Å². The van der Waals surface area contributed by atoms with E-state index in [1.165, 1.54) is 44.3 Å². The first-order valence-electron chi connectivity index (χ1n) is 9.53. The SMILES string of the molecule is CN(C)C(=O)C1=CC=C2C=C(N3CC[C@@H](N4CCCCC4)C3)N=C2C1. The topological polar surface area (TPSA) is 39.2 Å². The van der Waals surface area contributed by atoms with Crippen molar-refractivity contribution in [3.63, 3.8) is 0 Å². The van der Waals surface area contributed by atoms with Gasteiger partial charge in [0.2, 0.25) is 5.91 Å². The minimum absolute atomic E-state index is 0.0813. The number of allylic oxidation sites excluding steroid dienone is 4. The van der Waals surface area contributed by atoms with Crippen LogP contribution in [0.1, 0.15) is 32.1 Å². The van der Waals surface area contributed by atoms with Crippen LogP contribution >= 0.6 is 0 Å². The summed E-state index contributed by atoms with van der Waals surface area (Å²) in [5.41, 5.74) is 3.05. The molecular weight excluding hydrogens is 312 g/mol. The third kappa shape index (κ3) is 3.30. The maximum Gasteiger partial charge on any atom is 0.249 e. The number of aliphatic imine (C=N–C) groups is 1. The van der Waals surface area contributed by atoms with E-state index >= 15 is 0 Å². The van der Waals surface area contributed by atoms with Crippen LogP contribution in [-0.2, 0) is 4.79 Å². The Morgan fingerprint density at radius 2 is 1.96 bits per heavy atom. The molecule has 5 nitrogen and oxygen atoms in total. The van der Waals surface area contributed by atoms with E-state index in [1.807, 2.05) is 12.2 Å². The Balaban J connectivity index is 1.41. The zero-order chi connectivity index (χ0) is 17.4. The quantitative estimate of drug-likeness (QED) is 0.791. The van der Waals surface area contributed by atoms with Crippen molar-refractivity contribution in [3.8, 4) is 0 Å². The number of piperidine rings is 1. The summed E-state index contributed by atoms with van der Waals surface area (Å²) in [5.74, 6) is 1.17. The third-order valence-electron chi connectivity index (χ3n) is 5.76. The summed E-state index contributed by atoms with van der Waals surface area (Å²) < 4.78 is 0. The number of likely N-dealkylation sites (N-methyl/N-ethyl adjacent to an activating group) is 1. The Hall–Kier alpha value is -1.88. The van der Waals surface area contributed by atoms with Crippen molar-refractivity contribution in [3.05, 3.63) is 35.2 Å². The predicted octanol–water partition coefficient (Wildman–Crippen LogP) is 2.19. The highest BCUT2D eigenvalue weighted by Crippen LogP contribution is 2.30. The lowest BCUT2D eigenvalue weighted by atomic mass is 9.96. The fourth-order valence-electron chi connectivity index (χ4n) is 4.30. The molecule has 0 unspecified atom stereocenters. The second-order valence-corrected chi connectivity index (χ2v) is 7.74. The van der Waals surface area contributed by atoms with Gasteiger partial charge in [0, 0.05) is 50.8 Å². The summed E-state index contributed by atoms with van der Waals surface area (Å²) in [6.45, 7) is 4.70. The molecule has 3 heterocycles. The molecule has 1 amide bonds. The van der Waals surface area contributed by atoms with E-state index in [9.17, 15) is 4.79 Å². The highest BCUT2D eigenvalue weighted by atomic mass is 16.2. The molecule has 4 rings (SSSR count). The lowest BCUT2D eigenvalue weighted by molar-refractivity contribution is -0.124. The number of rotatable bonds is 3. The number of fused-ring (bicyclic) bond motifs is 1. The van der Waals surface area contributed by atoms with E-state index in [2.05, 4.69) is 15.9 Å². The summed E-state index contributed by atoms with van der Waals surface area (Å²) in [5, 5.41) is 0. The van der Waals surface area contributed by atoms with Gasteiger partial charge in [0.1, 0.15) is 5.82 Å². The molecule has 134 valence electrons. The van der Waals surface area contributed by atoms with Crippen molar-refractivity contribution in [1.82, 2.24) is 14.7 Å². The number of hydrogen-bond acceptors (Lipinski definition) is 4. The van der Waals surface area contributed by atoms with Gasteiger partial charge in [-0.1, -0.05) is 18.6 Å². The van der Waals surface area contributed by atoms with Gasteiger partial charge in [-0.15, -0.1) is 0 Å². The van der Waals surface area contributed by atoms with E-state index in [0.717, 1.165) is 30.2 Å². The van der Waals surface area contributed by atoms with E-state index in [0.29, 0.717) is 12.5 Å². The second-order valence-electron chi connectivity index (χ2n) is 7.74. The molecule has 0 bridgehead atoms. The largest absolute Gasteiger partial charge is 0.355 e. The normalized spacial score (nSPS) is 26.6. The van der Waals surface area contributed by atoms with Crippen molar-refractivity contribution in [1.29, 1.82) is 0 Å². The van der Waals surface area contributed by atoms with Crippen LogP contribution in [0, 0.1) is 0 Å². The molecule has 1 aliphatic carbocycles. The molecular formula is C20H28N4O. The molecule has 0 N–H and O–H groups in total. The van der Waals surface area contributed by atoms with E-state index < -0.39 is 0 Å². The molecule has 1 atom stereocenters. The second kappa shape index (κ2) is 6.79. The van der Waals surface area contributed by atoms with Crippen LogP contribution in [0.3, 0.4) is 0 Å². The van der Waals surface area contributed by atoms with Crippen LogP contribution < -0.4 is 0 Å². The van der Waals surface area contributed by atoms with Gasteiger partial charge in [-0.3, -0.25) is 9.69 Å². The average molecular weight is 340 g/mol. The number of carbonyl (C=O) groups excluding carboxylic acids is 1. The first-order chi connectivity index (χ1) is 12.1. The standard InChI is InChI=1S/C20H28N4O/c1-22(2)20(25)16-7-6-15-13-19(21-18(15)12-16)24-11-8-17(14-24)23-9-4-3-5-10-23/h6-7,13,17H,3-5,8-12,14H2,1-2H3/t17-/m1/s1. The van der Waals surface area contributed by atoms with Crippen LogP contribution in [0.4, 0.5) is 0 Å². The average Bonchev–Trinajstić information content (AvgIpc) is 3.27. The maximum atomic E-state index is 12.2. The lowest BCUT2D eigenvalue weighted by Gasteiger charge is -2.32. The fourth-order valence-corrected chi connectivity index (χ4v) is 4.30. The first-order valence-corrected chi connectivity index (χ1v) is 9.53. The van der Waals surface area contributed by atoms with Crippen molar-refractivity contribution in [2.24, 2.45) is 4.99 Å². The third-order valence-corrected chi connectivity index (χ3v) is 5.76. The Morgan fingerprint density at radius 3 is 2.72 bits per heavy atom. The van der Waals surface area contributed by atoms with Crippen molar-refractivity contribution >= 4 is 11.6 Å². The summed E-state index contributed by atoms with van der Waals surface area (Å²) >= 11 is 0. The minimum Gasteiger partial charge on any atom is -0.355 e. The molecule has 0 saturated carbocycles. The summed E-state index contributed by atoms with van der Waals surface area (Å²) in [4.78, 5) is 23.8. The smallest absolute Gasteiger partial charge is 0.249 e. The van der Waals surface area contributed by atoms with Crippen LogP contribution in [-0.4, -0.2) is 72.6 Å². The van der Waals surface area contributed by atoms with Crippen LogP contribution in [0.2, 0.25) is 0 Å². The van der Waals surface area contributed by atoms with Gasteiger partial charge in [0.05, 0.1) is 5.71 Å². The molecule has 0 aromatic carbocycles. The number of nitrogens with zero attached hydrogens (tertiary/aromatic N) is 4. The highest BCUT2D eigenvalue weighted by molar-refractivity contribution is 6.12. The van der Waals surface area contributed by atoms with Crippen molar-refractivity contribution in [2.75, 3.05) is 40.3 Å². The predicted molar refractivity (Wildman–Crippen MR) is 100 cm³/mol. The Labute approximate surface area is 150 Å². The van der Waals surface area contributed by atoms with Gasteiger partial charge in [-0.2, -0.15) is 0 Å². The van der Waals surface area contributed by atoms with Gasteiger partial charge in [0.25, 0.3) is 0 Å². The number of amides is 1. The number of carbonyl (C=O) groups is 1. The molecule has 0 radical (unpaired) electrons. The van der Waals surface area contributed by atoms with E-state index in [1.54, 1.807) is 19.0 Å². The zero-order valence-electron chi connectivity index (χ0n) is 15.4. The maximum absolute atomic E-state index is 12.2. The lowest BCUT2D eigenvalue weighted by Crippen LogP contribution is -2.40. The summed E-state index contributed by atoms with van der Waals surface area (Å²) in [6.07, 6.45) is 12.2. The Bertz CT molecular complexity index is 680. The first kappa shape index (κ1) is 16.6. The molecule has 25 heavy (non-hydrogen) atoms. The molecule has 0 aromatic heterocycles. The van der Waals surface area contributed by atoms with Gasteiger partial charge < -0.3 is 9.80 Å². The van der Waals surface area contributed by atoms with Gasteiger partial charge in [-0.05, 0) is 38.4 Å². The summed E-state index contributed by atoms with van der Waals surface area (Å²) in [6, 6.07) is 0.682. The molecule has 3 aliphatic heterocycles. The highest BCUT2D eigenvalue weighted by Gasteiger charge is 2.32. The molecule has 5 heteroatoms. The monoisotopic (exact) mass is 340 g/mol. The number of likely N-dealkylation sites (tertiary alicyclic amines) is 2. The van der Waals surface area contributed by atoms with Crippen LogP contribution in [0.5, 0.6) is 0 Å². The summed E-state index contributed by atoms with van der Waals surface area (Å²) in [7, 11) is 3.60. The molecule has 2 saturated heterocycles. The van der Waals surface area contributed by atoms with Crippen LogP contribution in [0.25, 0.3) is 0 Å². The molecule has 4 aliphatic rings. The van der Waals surface area contributed by atoms with E-state index in [-0.39, 0.29) is 5.91 Å². The van der Waals surface area contributed by atoms with E-state index in [4.69, 9.17) is 4.99 Å². The molecule has 0 aromatic rings. The van der Waals surface area contributed by atoms with Gasteiger partial charge in [0.15, 0.2) is 0 Å². The minimum atomic E-state index is 0.0813. The van der Waals surface area contributed by atoms with Crippen molar-refractivity contribution < 1.29 is 4.79 Å². The molecule has 2 fully saturated rings. The fraction of sp³-hybridized carbons (Fsp3) is 0.600. The molecule has 0 spiro atoms. The Morgan fingerprint density at radius 1 is 1.16 bits per heavy atom.